The van der Waals surface area contributed by atoms with Gasteiger partial charge in [-0.1, -0.05) is 25.9 Å². The molecule has 0 amide bonds. The van der Waals surface area contributed by atoms with E-state index in [0.717, 1.165) is 0 Å². The predicted octanol–water partition coefficient (Wildman–Crippen LogP) is 0.761. The third-order valence-electron chi connectivity index (χ3n) is 4.13. The van der Waals surface area contributed by atoms with Crippen molar-refractivity contribution in [2.75, 3.05) is 13.1 Å². The number of rotatable bonds is 5. The first-order valence-electron chi connectivity index (χ1n) is 7.87. The van der Waals surface area contributed by atoms with Gasteiger partial charge in [-0.25, -0.2) is 13.4 Å². The molecule has 24 heavy (non-hydrogen) atoms. The number of H-pyrrole nitrogens is 1. The highest BCUT2D eigenvalue weighted by Gasteiger charge is 2.47. The average Bonchev–Trinajstić information content (AvgIpc) is 3.26. The Balaban J connectivity index is 1.83. The van der Waals surface area contributed by atoms with E-state index < -0.39 is 15.6 Å². The number of aliphatic hydroxyl groups is 1. The molecule has 0 aromatic carbocycles. The number of hydrogen-bond acceptors (Lipinski definition) is 7. The van der Waals surface area contributed by atoms with Gasteiger partial charge in [0.25, 0.3) is 15.9 Å². The third-order valence-corrected chi connectivity index (χ3v) is 5.89. The maximum atomic E-state index is 12.7. The van der Waals surface area contributed by atoms with Gasteiger partial charge in [-0.3, -0.25) is 0 Å². The SMILES string of the molecule is CCc1noc([C@]2(O)CCN(S(=O)(=O)c3cnc(C(C)C)[nH]3)C2)n1. The minimum atomic E-state index is -3.76. The van der Waals surface area contributed by atoms with Crippen molar-refractivity contribution in [1.82, 2.24) is 24.4 Å². The zero-order valence-electron chi connectivity index (χ0n) is 13.9. The molecule has 1 saturated heterocycles. The van der Waals surface area contributed by atoms with Gasteiger partial charge in [-0.05, 0) is 0 Å². The molecule has 9 nitrogen and oxygen atoms in total. The number of nitrogens with one attached hydrogen (secondary N) is 1. The van der Waals surface area contributed by atoms with Crippen LogP contribution in [0.1, 0.15) is 50.6 Å². The highest BCUT2D eigenvalue weighted by Crippen LogP contribution is 2.34. The Labute approximate surface area is 140 Å². The molecule has 0 unspecified atom stereocenters. The summed E-state index contributed by atoms with van der Waals surface area (Å²) in [6.45, 7) is 5.75. The molecular weight excluding hydrogens is 334 g/mol. The second-order valence-corrected chi connectivity index (χ2v) is 8.18. The minimum absolute atomic E-state index is 0.0234. The molecule has 3 rings (SSSR count). The van der Waals surface area contributed by atoms with Crippen LogP contribution in [0.25, 0.3) is 0 Å². The standard InChI is InChI=1S/C14H21N5O4S/c1-4-10-16-13(23-18-10)14(20)5-6-19(8-14)24(21,22)11-7-15-12(17-11)9(2)3/h7,9,20H,4-6,8H2,1-3H3,(H,15,17)/t14-/m0/s1. The van der Waals surface area contributed by atoms with Gasteiger partial charge in [0, 0.05) is 25.3 Å². The quantitative estimate of drug-likeness (QED) is 0.811. The Morgan fingerprint density at radius 2 is 2.25 bits per heavy atom. The van der Waals surface area contributed by atoms with Crippen LogP contribution in [0.4, 0.5) is 0 Å². The molecule has 0 radical (unpaired) electrons. The van der Waals surface area contributed by atoms with Crippen molar-refractivity contribution < 1.29 is 18.0 Å². The summed E-state index contributed by atoms with van der Waals surface area (Å²) in [6.07, 6.45) is 2.08. The molecule has 132 valence electrons. The first-order chi connectivity index (χ1) is 11.3. The van der Waals surface area contributed by atoms with E-state index in [1.807, 2.05) is 20.8 Å². The summed E-state index contributed by atoms with van der Waals surface area (Å²) in [4.78, 5) is 11.1. The maximum Gasteiger partial charge on any atom is 0.260 e. The summed E-state index contributed by atoms with van der Waals surface area (Å²) in [5.74, 6) is 1.24. The lowest BCUT2D eigenvalue weighted by molar-refractivity contribution is 0.0194. The normalized spacial score (nSPS) is 22.5. The summed E-state index contributed by atoms with van der Waals surface area (Å²) in [6, 6.07) is 0. The Morgan fingerprint density at radius 1 is 1.50 bits per heavy atom. The average molecular weight is 355 g/mol. The molecule has 2 aromatic rings. The molecule has 0 spiro atoms. The Bertz CT molecular complexity index is 828. The maximum absolute atomic E-state index is 12.7. The van der Waals surface area contributed by atoms with Crippen molar-refractivity contribution >= 4 is 10.0 Å². The fraction of sp³-hybridized carbons (Fsp3) is 0.643. The summed E-state index contributed by atoms with van der Waals surface area (Å²) in [7, 11) is -3.76. The van der Waals surface area contributed by atoms with Crippen LogP contribution >= 0.6 is 0 Å². The van der Waals surface area contributed by atoms with E-state index in [0.29, 0.717) is 18.1 Å². The number of nitrogens with zero attached hydrogens (tertiary/aromatic N) is 4. The first kappa shape index (κ1) is 17.1. The number of hydrogen-bond donors (Lipinski definition) is 2. The Hall–Kier alpha value is -1.78. The van der Waals surface area contributed by atoms with Gasteiger partial charge >= 0.3 is 0 Å². The molecule has 1 aliphatic rings. The lowest BCUT2D eigenvalue weighted by Crippen LogP contribution is -2.34. The molecule has 2 N–H and O–H groups in total. The number of sulfonamides is 1. The second kappa shape index (κ2) is 5.94. The Kier molecular flexibility index (Phi) is 4.22. The van der Waals surface area contributed by atoms with E-state index in [4.69, 9.17) is 4.52 Å². The van der Waals surface area contributed by atoms with E-state index >= 15 is 0 Å². The smallest absolute Gasteiger partial charge is 0.260 e. The molecule has 1 aliphatic heterocycles. The van der Waals surface area contributed by atoms with Crippen LogP contribution in [0, 0.1) is 0 Å². The van der Waals surface area contributed by atoms with E-state index in [1.165, 1.54) is 10.5 Å². The lowest BCUT2D eigenvalue weighted by Gasteiger charge is -2.19. The molecular formula is C14H21N5O4S. The topological polar surface area (TPSA) is 125 Å². The van der Waals surface area contributed by atoms with E-state index in [2.05, 4.69) is 20.1 Å². The van der Waals surface area contributed by atoms with Crippen molar-refractivity contribution in [2.45, 2.75) is 50.2 Å². The van der Waals surface area contributed by atoms with Crippen LogP contribution < -0.4 is 0 Å². The predicted molar refractivity (Wildman–Crippen MR) is 83.6 cm³/mol. The van der Waals surface area contributed by atoms with Gasteiger partial charge in [0.1, 0.15) is 5.82 Å². The second-order valence-electron chi connectivity index (χ2n) is 6.28. The molecule has 0 bridgehead atoms. The van der Waals surface area contributed by atoms with Crippen LogP contribution in [0.15, 0.2) is 15.7 Å². The number of imidazole rings is 1. The van der Waals surface area contributed by atoms with Crippen LogP contribution in [0.5, 0.6) is 0 Å². The zero-order chi connectivity index (χ0) is 17.5. The summed E-state index contributed by atoms with van der Waals surface area (Å²) in [5, 5.41) is 14.5. The molecule has 3 heterocycles. The fourth-order valence-corrected chi connectivity index (χ4v) is 4.02. The van der Waals surface area contributed by atoms with Crippen molar-refractivity contribution in [3.8, 4) is 0 Å². The number of aryl methyl sites for hydroxylation is 1. The number of aromatic nitrogens is 4. The van der Waals surface area contributed by atoms with Crippen LogP contribution in [0.2, 0.25) is 0 Å². The summed E-state index contributed by atoms with van der Waals surface area (Å²) >= 11 is 0. The van der Waals surface area contributed by atoms with Crippen LogP contribution in [-0.4, -0.2) is 51.0 Å². The van der Waals surface area contributed by atoms with Gasteiger partial charge in [0.15, 0.2) is 16.5 Å². The first-order valence-corrected chi connectivity index (χ1v) is 9.31. The lowest BCUT2D eigenvalue weighted by atomic mass is 10.0. The van der Waals surface area contributed by atoms with Gasteiger partial charge in [-0.15, -0.1) is 0 Å². The van der Waals surface area contributed by atoms with Crippen LogP contribution in [0.3, 0.4) is 0 Å². The van der Waals surface area contributed by atoms with E-state index in [9.17, 15) is 13.5 Å². The monoisotopic (exact) mass is 355 g/mol. The van der Waals surface area contributed by atoms with E-state index in [-0.39, 0.29) is 36.3 Å². The number of aromatic amines is 1. The van der Waals surface area contributed by atoms with Crippen molar-refractivity contribution in [3.63, 3.8) is 0 Å². The largest absolute Gasteiger partial charge is 0.379 e. The molecule has 10 heteroatoms. The molecule has 1 atom stereocenters. The number of β-amino-alcohol motifs (C(OH)–C–C–N with tert-alkyl or cyclic N) is 1. The van der Waals surface area contributed by atoms with Crippen molar-refractivity contribution in [2.24, 2.45) is 0 Å². The van der Waals surface area contributed by atoms with Crippen LogP contribution in [-0.2, 0) is 22.0 Å². The van der Waals surface area contributed by atoms with Gasteiger partial charge in [0.2, 0.25) is 0 Å². The van der Waals surface area contributed by atoms with Gasteiger partial charge in [0.05, 0.1) is 12.7 Å². The van der Waals surface area contributed by atoms with E-state index in [1.54, 1.807) is 0 Å². The van der Waals surface area contributed by atoms with Crippen molar-refractivity contribution in [3.05, 3.63) is 23.7 Å². The molecule has 1 fully saturated rings. The van der Waals surface area contributed by atoms with Gasteiger partial charge in [-0.2, -0.15) is 9.29 Å². The summed E-state index contributed by atoms with van der Waals surface area (Å²) in [5.41, 5.74) is -1.46. The molecule has 2 aromatic heterocycles. The third kappa shape index (κ3) is 2.85. The highest BCUT2D eigenvalue weighted by atomic mass is 32.2. The minimum Gasteiger partial charge on any atom is -0.379 e. The fourth-order valence-electron chi connectivity index (χ4n) is 2.61. The summed E-state index contributed by atoms with van der Waals surface area (Å²) < 4.78 is 31.8. The van der Waals surface area contributed by atoms with Crippen molar-refractivity contribution in [1.29, 1.82) is 0 Å². The Morgan fingerprint density at radius 3 is 2.83 bits per heavy atom. The molecule has 0 aliphatic carbocycles. The van der Waals surface area contributed by atoms with Gasteiger partial charge < -0.3 is 14.6 Å². The molecule has 0 saturated carbocycles. The highest BCUT2D eigenvalue weighted by molar-refractivity contribution is 7.89. The zero-order valence-corrected chi connectivity index (χ0v) is 14.7.